The smallest absolute Gasteiger partial charge is 0.212 e. The highest BCUT2D eigenvalue weighted by atomic mass is 32.2. The van der Waals surface area contributed by atoms with Crippen molar-refractivity contribution in [2.75, 3.05) is 0 Å². The van der Waals surface area contributed by atoms with E-state index < -0.39 is 10.0 Å². The molecule has 1 rings (SSSR count). The van der Waals surface area contributed by atoms with Gasteiger partial charge in [-0.3, -0.25) is 0 Å². The standard InChI is InChI=1S/C9H17NO2S/c1-3-6-9(2)7-4-5-8(9)13(10,11)12/h3,8H,1,4-7H2,2H3,(H2,10,11,12)/t8-,9+/m1/s1. The van der Waals surface area contributed by atoms with E-state index in [4.69, 9.17) is 5.14 Å². The topological polar surface area (TPSA) is 60.2 Å². The second kappa shape index (κ2) is 3.42. The van der Waals surface area contributed by atoms with E-state index in [0.29, 0.717) is 6.42 Å². The first kappa shape index (κ1) is 10.7. The van der Waals surface area contributed by atoms with Crippen LogP contribution in [-0.2, 0) is 10.0 Å². The minimum Gasteiger partial charge on any atom is -0.228 e. The van der Waals surface area contributed by atoms with Gasteiger partial charge in [0.2, 0.25) is 10.0 Å². The van der Waals surface area contributed by atoms with Crippen LogP contribution in [0.15, 0.2) is 12.7 Å². The van der Waals surface area contributed by atoms with Crippen LogP contribution in [0.25, 0.3) is 0 Å². The molecule has 0 spiro atoms. The van der Waals surface area contributed by atoms with Crippen molar-refractivity contribution in [2.24, 2.45) is 10.6 Å². The molecule has 3 nitrogen and oxygen atoms in total. The molecule has 0 heterocycles. The first-order valence-corrected chi connectivity index (χ1v) is 6.13. The summed E-state index contributed by atoms with van der Waals surface area (Å²) in [5.41, 5.74) is -0.185. The third-order valence-electron chi connectivity index (χ3n) is 3.00. The molecule has 1 aliphatic rings. The Balaban J connectivity index is 2.92. The van der Waals surface area contributed by atoms with E-state index in [2.05, 4.69) is 6.58 Å². The first-order valence-electron chi connectivity index (χ1n) is 4.53. The Kier molecular flexibility index (Phi) is 2.82. The van der Waals surface area contributed by atoms with Crippen molar-refractivity contribution in [3.63, 3.8) is 0 Å². The van der Waals surface area contributed by atoms with Crippen molar-refractivity contribution in [1.82, 2.24) is 0 Å². The molecule has 0 radical (unpaired) electrons. The Morgan fingerprint density at radius 3 is 2.77 bits per heavy atom. The molecule has 0 aromatic rings. The molecule has 1 aliphatic carbocycles. The number of hydrogen-bond acceptors (Lipinski definition) is 2. The zero-order valence-corrected chi connectivity index (χ0v) is 8.81. The van der Waals surface area contributed by atoms with Crippen LogP contribution in [-0.4, -0.2) is 13.7 Å². The molecule has 0 bridgehead atoms. The molecule has 0 aromatic carbocycles. The SMILES string of the molecule is C=CC[C@@]1(C)CCC[C@H]1S(N)(=O)=O. The molecule has 13 heavy (non-hydrogen) atoms. The number of primary sulfonamides is 1. The van der Waals surface area contributed by atoms with Crippen molar-refractivity contribution in [3.05, 3.63) is 12.7 Å². The maximum absolute atomic E-state index is 11.3. The lowest BCUT2D eigenvalue weighted by Gasteiger charge is -2.28. The number of sulfonamides is 1. The van der Waals surface area contributed by atoms with E-state index in [9.17, 15) is 8.42 Å². The quantitative estimate of drug-likeness (QED) is 0.705. The van der Waals surface area contributed by atoms with Crippen molar-refractivity contribution < 1.29 is 8.42 Å². The Morgan fingerprint density at radius 2 is 2.31 bits per heavy atom. The van der Waals surface area contributed by atoms with Crippen molar-refractivity contribution >= 4 is 10.0 Å². The van der Waals surface area contributed by atoms with E-state index in [1.165, 1.54) is 0 Å². The largest absolute Gasteiger partial charge is 0.228 e. The summed E-state index contributed by atoms with van der Waals surface area (Å²) in [5, 5.41) is 4.81. The summed E-state index contributed by atoms with van der Waals surface area (Å²) in [5.74, 6) is 0. The van der Waals surface area contributed by atoms with Gasteiger partial charge in [-0.2, -0.15) is 0 Å². The van der Waals surface area contributed by atoms with Gasteiger partial charge in [0, 0.05) is 0 Å². The second-order valence-electron chi connectivity index (χ2n) is 4.12. The Hall–Kier alpha value is -0.350. The number of hydrogen-bond donors (Lipinski definition) is 1. The minimum absolute atomic E-state index is 0.185. The van der Waals surface area contributed by atoms with Gasteiger partial charge < -0.3 is 0 Å². The minimum atomic E-state index is -3.38. The van der Waals surface area contributed by atoms with Gasteiger partial charge in [-0.05, 0) is 24.7 Å². The fraction of sp³-hybridized carbons (Fsp3) is 0.778. The van der Waals surface area contributed by atoms with E-state index in [-0.39, 0.29) is 10.7 Å². The highest BCUT2D eigenvalue weighted by Crippen LogP contribution is 2.43. The lowest BCUT2D eigenvalue weighted by atomic mass is 9.85. The van der Waals surface area contributed by atoms with Crippen LogP contribution in [0.5, 0.6) is 0 Å². The summed E-state index contributed by atoms with van der Waals surface area (Å²) >= 11 is 0. The molecule has 0 aliphatic heterocycles. The zero-order chi connectivity index (χ0) is 10.1. The van der Waals surface area contributed by atoms with Crippen molar-refractivity contribution in [1.29, 1.82) is 0 Å². The summed E-state index contributed by atoms with van der Waals surface area (Å²) < 4.78 is 22.5. The summed E-state index contributed by atoms with van der Waals surface area (Å²) in [6.45, 7) is 5.63. The molecule has 0 aromatic heterocycles. The molecule has 0 amide bonds. The van der Waals surface area contributed by atoms with Gasteiger partial charge >= 0.3 is 0 Å². The van der Waals surface area contributed by atoms with Gasteiger partial charge in [0.1, 0.15) is 0 Å². The molecule has 4 heteroatoms. The van der Waals surface area contributed by atoms with E-state index >= 15 is 0 Å². The summed E-state index contributed by atoms with van der Waals surface area (Å²) in [4.78, 5) is 0. The van der Waals surface area contributed by atoms with Crippen LogP contribution in [0, 0.1) is 5.41 Å². The van der Waals surface area contributed by atoms with Crippen LogP contribution in [0.1, 0.15) is 32.6 Å². The average molecular weight is 203 g/mol. The third kappa shape index (κ3) is 2.11. The molecule has 1 fully saturated rings. The Labute approximate surface area is 80.1 Å². The summed E-state index contributed by atoms with van der Waals surface area (Å²) in [7, 11) is -3.38. The monoisotopic (exact) mass is 203 g/mol. The molecule has 2 atom stereocenters. The summed E-state index contributed by atoms with van der Waals surface area (Å²) in [6.07, 6.45) is 5.09. The number of nitrogens with two attached hydrogens (primary N) is 1. The predicted octanol–water partition coefficient (Wildman–Crippen LogP) is 1.41. The summed E-state index contributed by atoms with van der Waals surface area (Å²) in [6, 6.07) is 0. The highest BCUT2D eigenvalue weighted by molar-refractivity contribution is 7.89. The maximum atomic E-state index is 11.3. The van der Waals surface area contributed by atoms with E-state index in [0.717, 1.165) is 19.3 Å². The first-order chi connectivity index (χ1) is 5.90. The van der Waals surface area contributed by atoms with Crippen LogP contribution in [0.4, 0.5) is 0 Å². The highest BCUT2D eigenvalue weighted by Gasteiger charge is 2.43. The Morgan fingerprint density at radius 1 is 1.69 bits per heavy atom. The zero-order valence-electron chi connectivity index (χ0n) is 7.99. The average Bonchev–Trinajstić information content (AvgIpc) is 2.30. The van der Waals surface area contributed by atoms with Crippen molar-refractivity contribution in [2.45, 2.75) is 37.9 Å². The molecule has 0 unspecified atom stereocenters. The van der Waals surface area contributed by atoms with Gasteiger partial charge in [-0.1, -0.05) is 19.4 Å². The van der Waals surface area contributed by atoms with Crippen LogP contribution >= 0.6 is 0 Å². The molecule has 76 valence electrons. The van der Waals surface area contributed by atoms with Gasteiger partial charge in [0.15, 0.2) is 0 Å². The Bertz CT molecular complexity index is 297. The predicted molar refractivity (Wildman–Crippen MR) is 53.7 cm³/mol. The molecular weight excluding hydrogens is 186 g/mol. The maximum Gasteiger partial charge on any atom is 0.212 e. The normalized spacial score (nSPS) is 34.8. The van der Waals surface area contributed by atoms with Gasteiger partial charge in [-0.25, -0.2) is 13.6 Å². The molecule has 1 saturated carbocycles. The van der Waals surface area contributed by atoms with Crippen LogP contribution < -0.4 is 5.14 Å². The second-order valence-corrected chi connectivity index (χ2v) is 5.86. The van der Waals surface area contributed by atoms with Gasteiger partial charge in [0.25, 0.3) is 0 Å². The number of rotatable bonds is 3. The van der Waals surface area contributed by atoms with Crippen LogP contribution in [0.2, 0.25) is 0 Å². The lowest BCUT2D eigenvalue weighted by molar-refractivity contribution is 0.341. The van der Waals surface area contributed by atoms with Gasteiger partial charge in [-0.15, -0.1) is 6.58 Å². The third-order valence-corrected chi connectivity index (χ3v) is 4.60. The number of allylic oxidation sites excluding steroid dienone is 1. The fourth-order valence-electron chi connectivity index (χ4n) is 2.32. The molecule has 0 saturated heterocycles. The van der Waals surface area contributed by atoms with E-state index in [1.54, 1.807) is 6.08 Å². The fourth-order valence-corrected chi connectivity index (χ4v) is 3.83. The van der Waals surface area contributed by atoms with Crippen LogP contribution in [0.3, 0.4) is 0 Å². The van der Waals surface area contributed by atoms with E-state index in [1.807, 2.05) is 6.92 Å². The lowest BCUT2D eigenvalue weighted by Crippen LogP contribution is -2.38. The van der Waals surface area contributed by atoms with Gasteiger partial charge in [0.05, 0.1) is 5.25 Å². The molecule has 2 N–H and O–H groups in total. The van der Waals surface area contributed by atoms with Crippen molar-refractivity contribution in [3.8, 4) is 0 Å². The molecular formula is C9H17NO2S.